The first kappa shape index (κ1) is 14.6. The van der Waals surface area contributed by atoms with Gasteiger partial charge in [-0.1, -0.05) is 27.7 Å². The predicted octanol–water partition coefficient (Wildman–Crippen LogP) is 4.10. The number of halogens is 1. The normalized spacial score (nSPS) is 10.0. The van der Waals surface area contributed by atoms with Gasteiger partial charge in [0.05, 0.1) is 18.1 Å². The van der Waals surface area contributed by atoms with Crippen molar-refractivity contribution in [3.8, 4) is 6.07 Å². The van der Waals surface area contributed by atoms with E-state index in [-0.39, 0.29) is 6.42 Å². The van der Waals surface area contributed by atoms with Gasteiger partial charge < -0.3 is 5.11 Å². The van der Waals surface area contributed by atoms with Gasteiger partial charge in [0.15, 0.2) is 0 Å². The van der Waals surface area contributed by atoms with E-state index in [1.165, 1.54) is 11.8 Å². The van der Waals surface area contributed by atoms with Crippen molar-refractivity contribution < 1.29 is 9.90 Å². The van der Waals surface area contributed by atoms with E-state index in [1.807, 2.05) is 36.4 Å². The second-order valence-electron chi connectivity index (χ2n) is 4.06. The van der Waals surface area contributed by atoms with E-state index in [4.69, 9.17) is 10.4 Å². The summed E-state index contributed by atoms with van der Waals surface area (Å²) in [5.41, 5.74) is 0.953. The quantitative estimate of drug-likeness (QED) is 0.904. The summed E-state index contributed by atoms with van der Waals surface area (Å²) in [7, 11) is 0. The van der Waals surface area contributed by atoms with Crippen molar-refractivity contribution >= 4 is 33.7 Å². The highest BCUT2D eigenvalue weighted by molar-refractivity contribution is 9.10. The van der Waals surface area contributed by atoms with Gasteiger partial charge in [0.1, 0.15) is 0 Å². The van der Waals surface area contributed by atoms with Gasteiger partial charge in [-0.05, 0) is 48.0 Å². The number of nitrogens with zero attached hydrogens (tertiary/aromatic N) is 1. The lowest BCUT2D eigenvalue weighted by Gasteiger charge is -2.06. The van der Waals surface area contributed by atoms with Crippen LogP contribution in [0.1, 0.15) is 11.1 Å². The molecule has 0 fully saturated rings. The third-order valence-corrected chi connectivity index (χ3v) is 4.11. The summed E-state index contributed by atoms with van der Waals surface area (Å²) in [5, 5.41) is 17.9. The van der Waals surface area contributed by atoms with E-state index in [2.05, 4.69) is 15.9 Å². The molecule has 0 saturated carbocycles. The van der Waals surface area contributed by atoms with Crippen LogP contribution in [0.3, 0.4) is 0 Å². The Morgan fingerprint density at radius 3 is 2.45 bits per heavy atom. The number of carbonyl (C=O) groups is 1. The van der Waals surface area contributed by atoms with Gasteiger partial charge in [-0.3, -0.25) is 4.79 Å². The lowest BCUT2D eigenvalue weighted by atomic mass is 10.1. The summed E-state index contributed by atoms with van der Waals surface area (Å²) in [6.45, 7) is 0. The second kappa shape index (κ2) is 6.60. The van der Waals surface area contributed by atoms with E-state index in [1.54, 1.807) is 12.1 Å². The minimum atomic E-state index is -0.938. The zero-order valence-corrected chi connectivity index (χ0v) is 12.7. The van der Waals surface area contributed by atoms with Crippen LogP contribution in [-0.4, -0.2) is 11.1 Å². The molecule has 100 valence electrons. The summed E-state index contributed by atoms with van der Waals surface area (Å²) in [5.74, 6) is -0.938. The largest absolute Gasteiger partial charge is 0.481 e. The number of aliphatic carboxylic acids is 1. The molecule has 20 heavy (non-hydrogen) atoms. The van der Waals surface area contributed by atoms with Gasteiger partial charge >= 0.3 is 5.97 Å². The molecule has 2 rings (SSSR count). The fraction of sp³-hybridized carbons (Fsp3) is 0.0667. The van der Waals surface area contributed by atoms with Gasteiger partial charge in [-0.2, -0.15) is 5.26 Å². The van der Waals surface area contributed by atoms with Crippen LogP contribution < -0.4 is 0 Å². The Morgan fingerprint density at radius 2 is 1.85 bits per heavy atom. The monoisotopic (exact) mass is 347 g/mol. The first-order chi connectivity index (χ1) is 9.58. The topological polar surface area (TPSA) is 61.1 Å². The summed E-state index contributed by atoms with van der Waals surface area (Å²) in [6.07, 6.45) is -0.141. The van der Waals surface area contributed by atoms with Crippen molar-refractivity contribution in [2.24, 2.45) is 0 Å². The number of hydrogen-bond donors (Lipinski definition) is 1. The Hall–Kier alpha value is -1.77. The molecule has 0 aromatic heterocycles. The smallest absolute Gasteiger partial charge is 0.307 e. The summed E-state index contributed by atoms with van der Waals surface area (Å²) in [4.78, 5) is 12.8. The minimum absolute atomic E-state index is 0.141. The molecule has 3 nitrogen and oxygen atoms in total. The van der Waals surface area contributed by atoms with Crippen LogP contribution in [-0.2, 0) is 11.2 Å². The average Bonchev–Trinajstić information content (AvgIpc) is 2.41. The van der Waals surface area contributed by atoms with Gasteiger partial charge in [0.2, 0.25) is 0 Å². The number of rotatable bonds is 4. The van der Waals surface area contributed by atoms with Gasteiger partial charge in [0, 0.05) is 14.3 Å². The van der Waals surface area contributed by atoms with E-state index in [0.717, 1.165) is 14.3 Å². The van der Waals surface area contributed by atoms with Crippen molar-refractivity contribution in [1.82, 2.24) is 0 Å². The van der Waals surface area contributed by atoms with Crippen LogP contribution in [0.5, 0.6) is 0 Å². The first-order valence-electron chi connectivity index (χ1n) is 5.77. The molecule has 0 unspecified atom stereocenters. The van der Waals surface area contributed by atoms with Crippen molar-refractivity contribution in [1.29, 1.82) is 5.26 Å². The molecule has 0 radical (unpaired) electrons. The number of hydrogen-bond acceptors (Lipinski definition) is 3. The van der Waals surface area contributed by atoms with Crippen LogP contribution in [0, 0.1) is 11.3 Å². The third kappa shape index (κ3) is 3.86. The van der Waals surface area contributed by atoms with Gasteiger partial charge in [0.25, 0.3) is 0 Å². The van der Waals surface area contributed by atoms with Crippen molar-refractivity contribution in [2.45, 2.75) is 16.2 Å². The number of nitriles is 1. The molecule has 5 heteroatoms. The highest BCUT2D eigenvalue weighted by Gasteiger charge is 2.08. The fourth-order valence-corrected chi connectivity index (χ4v) is 2.84. The van der Waals surface area contributed by atoms with Crippen LogP contribution in [0.25, 0.3) is 0 Å². The van der Waals surface area contributed by atoms with E-state index >= 15 is 0 Å². The molecule has 0 atom stereocenters. The maximum Gasteiger partial charge on any atom is 0.307 e. The highest BCUT2D eigenvalue weighted by Crippen LogP contribution is 2.30. The highest BCUT2D eigenvalue weighted by atomic mass is 79.9. The molecular formula is C15H10BrNO2S. The lowest BCUT2D eigenvalue weighted by Crippen LogP contribution is -2.02. The number of carboxylic acids is 1. The third-order valence-electron chi connectivity index (χ3n) is 2.59. The lowest BCUT2D eigenvalue weighted by molar-refractivity contribution is -0.136. The van der Waals surface area contributed by atoms with Gasteiger partial charge in [-0.15, -0.1) is 0 Å². The Balaban J connectivity index is 2.26. The maximum atomic E-state index is 10.8. The zero-order valence-electron chi connectivity index (χ0n) is 10.3. The molecule has 0 amide bonds. The summed E-state index contributed by atoms with van der Waals surface area (Å²) in [6, 6.07) is 15.1. The van der Waals surface area contributed by atoms with E-state index in [0.29, 0.717) is 11.1 Å². The van der Waals surface area contributed by atoms with Crippen LogP contribution >= 0.6 is 27.7 Å². The Morgan fingerprint density at radius 1 is 1.20 bits per heavy atom. The average molecular weight is 348 g/mol. The molecule has 0 aliphatic rings. The molecule has 2 aromatic carbocycles. The van der Waals surface area contributed by atoms with Crippen molar-refractivity contribution in [2.75, 3.05) is 0 Å². The molecule has 2 aromatic rings. The van der Waals surface area contributed by atoms with Gasteiger partial charge in [-0.25, -0.2) is 0 Å². The zero-order chi connectivity index (χ0) is 14.5. The maximum absolute atomic E-state index is 10.8. The number of carboxylic acid groups (broad SMARTS) is 1. The number of benzene rings is 2. The Bertz CT molecular complexity index is 677. The molecule has 0 heterocycles. The SMILES string of the molecule is N#Cc1ccc(Sc2ccc(Br)cc2)cc1CC(=O)O. The molecule has 0 bridgehead atoms. The molecule has 0 aliphatic carbocycles. The van der Waals surface area contributed by atoms with Crippen LogP contribution in [0.15, 0.2) is 56.7 Å². The Labute approximate surface area is 129 Å². The molecule has 0 spiro atoms. The first-order valence-corrected chi connectivity index (χ1v) is 7.37. The minimum Gasteiger partial charge on any atom is -0.481 e. The van der Waals surface area contributed by atoms with Crippen LogP contribution in [0.4, 0.5) is 0 Å². The van der Waals surface area contributed by atoms with Crippen molar-refractivity contribution in [3.63, 3.8) is 0 Å². The Kier molecular flexibility index (Phi) is 4.83. The molecule has 1 N–H and O–H groups in total. The molecule has 0 aliphatic heterocycles. The second-order valence-corrected chi connectivity index (χ2v) is 6.12. The molecular weight excluding hydrogens is 338 g/mol. The van der Waals surface area contributed by atoms with Crippen molar-refractivity contribution in [3.05, 3.63) is 58.1 Å². The summed E-state index contributed by atoms with van der Waals surface area (Å²) < 4.78 is 1.01. The molecule has 0 saturated heterocycles. The summed E-state index contributed by atoms with van der Waals surface area (Å²) >= 11 is 4.91. The van der Waals surface area contributed by atoms with E-state index in [9.17, 15) is 4.79 Å². The van der Waals surface area contributed by atoms with E-state index < -0.39 is 5.97 Å². The predicted molar refractivity (Wildman–Crippen MR) is 80.8 cm³/mol. The fourth-order valence-electron chi connectivity index (χ4n) is 1.69. The standard InChI is InChI=1S/C15H10BrNO2S/c16-12-2-5-13(6-3-12)20-14-4-1-10(9-17)11(7-14)8-15(18)19/h1-7H,8H2,(H,18,19). The van der Waals surface area contributed by atoms with Crippen LogP contribution in [0.2, 0.25) is 0 Å².